The summed E-state index contributed by atoms with van der Waals surface area (Å²) in [4.78, 5) is 11.6. The van der Waals surface area contributed by atoms with Gasteiger partial charge in [-0.15, -0.1) is 0 Å². The number of ether oxygens (including phenoxy) is 2. The summed E-state index contributed by atoms with van der Waals surface area (Å²) in [7, 11) is 0. The summed E-state index contributed by atoms with van der Waals surface area (Å²) in [5, 5.41) is 0. The normalized spacial score (nSPS) is 42.9. The van der Waals surface area contributed by atoms with E-state index in [0.717, 1.165) is 25.7 Å². The maximum atomic E-state index is 11.6. The van der Waals surface area contributed by atoms with Crippen molar-refractivity contribution in [2.45, 2.75) is 57.8 Å². The van der Waals surface area contributed by atoms with Gasteiger partial charge in [0.2, 0.25) is 0 Å². The molecule has 0 amide bonds. The minimum absolute atomic E-state index is 0.0639. The van der Waals surface area contributed by atoms with Crippen LogP contribution in [0.2, 0.25) is 0 Å². The molecule has 2 aliphatic heterocycles. The number of rotatable bonds is 1. The molecule has 2 rings (SSSR count). The SMILES string of the molecule is CC[C@@H]1C[C@@H]2CC[C@@H](O2)[C@@H](C)C(=O)O1. The summed E-state index contributed by atoms with van der Waals surface area (Å²) >= 11 is 0. The second-order valence-electron chi connectivity index (χ2n) is 4.37. The van der Waals surface area contributed by atoms with E-state index in [4.69, 9.17) is 9.47 Å². The van der Waals surface area contributed by atoms with E-state index in [1.54, 1.807) is 0 Å². The molecular formula is C11H18O3. The van der Waals surface area contributed by atoms with Crippen LogP contribution in [-0.4, -0.2) is 24.3 Å². The lowest BCUT2D eigenvalue weighted by atomic mass is 10.0. The summed E-state index contributed by atoms with van der Waals surface area (Å²) in [5.74, 6) is -0.170. The molecule has 2 bridgehead atoms. The highest BCUT2D eigenvalue weighted by Gasteiger charge is 2.38. The van der Waals surface area contributed by atoms with Crippen molar-refractivity contribution in [3.05, 3.63) is 0 Å². The fraction of sp³-hybridized carbons (Fsp3) is 0.909. The molecule has 80 valence electrons. The Balaban J connectivity index is 2.09. The topological polar surface area (TPSA) is 35.5 Å². The van der Waals surface area contributed by atoms with Crippen molar-refractivity contribution < 1.29 is 14.3 Å². The van der Waals surface area contributed by atoms with E-state index in [-0.39, 0.29) is 24.1 Å². The van der Waals surface area contributed by atoms with Crippen LogP contribution in [-0.2, 0) is 14.3 Å². The molecule has 0 unspecified atom stereocenters. The number of carbonyl (C=O) groups is 1. The number of hydrogen-bond acceptors (Lipinski definition) is 3. The molecule has 0 aliphatic carbocycles. The summed E-state index contributed by atoms with van der Waals surface area (Å²) in [6.07, 6.45) is 4.35. The van der Waals surface area contributed by atoms with E-state index in [1.807, 2.05) is 6.92 Å². The van der Waals surface area contributed by atoms with Crippen molar-refractivity contribution in [3.63, 3.8) is 0 Å². The van der Waals surface area contributed by atoms with Crippen LogP contribution in [0.15, 0.2) is 0 Å². The predicted molar refractivity (Wildman–Crippen MR) is 51.8 cm³/mol. The van der Waals surface area contributed by atoms with E-state index in [9.17, 15) is 4.79 Å². The highest BCUT2D eigenvalue weighted by atomic mass is 16.6. The van der Waals surface area contributed by atoms with Crippen LogP contribution in [0.25, 0.3) is 0 Å². The Kier molecular flexibility index (Phi) is 2.77. The third-order valence-electron chi connectivity index (χ3n) is 3.33. The molecule has 2 fully saturated rings. The van der Waals surface area contributed by atoms with Crippen molar-refractivity contribution in [1.29, 1.82) is 0 Å². The lowest BCUT2D eigenvalue weighted by Gasteiger charge is -2.27. The molecule has 2 heterocycles. The van der Waals surface area contributed by atoms with Gasteiger partial charge in [-0.2, -0.15) is 0 Å². The third kappa shape index (κ3) is 1.78. The molecule has 3 heteroatoms. The number of esters is 1. The van der Waals surface area contributed by atoms with Crippen molar-refractivity contribution in [1.82, 2.24) is 0 Å². The van der Waals surface area contributed by atoms with Crippen molar-refractivity contribution in [2.24, 2.45) is 5.92 Å². The van der Waals surface area contributed by atoms with Gasteiger partial charge in [0.05, 0.1) is 18.1 Å². The molecule has 0 aromatic rings. The second-order valence-corrected chi connectivity index (χ2v) is 4.37. The van der Waals surface area contributed by atoms with Crippen LogP contribution >= 0.6 is 0 Å². The van der Waals surface area contributed by atoms with Crippen LogP contribution in [0, 0.1) is 5.92 Å². The Morgan fingerprint density at radius 3 is 2.93 bits per heavy atom. The smallest absolute Gasteiger partial charge is 0.311 e. The molecular weight excluding hydrogens is 180 g/mol. The lowest BCUT2D eigenvalue weighted by Crippen LogP contribution is -2.35. The van der Waals surface area contributed by atoms with E-state index in [0.29, 0.717) is 6.10 Å². The molecule has 0 aromatic heterocycles. The summed E-state index contributed by atoms with van der Waals surface area (Å²) < 4.78 is 11.2. The largest absolute Gasteiger partial charge is 0.462 e. The van der Waals surface area contributed by atoms with Gasteiger partial charge < -0.3 is 9.47 Å². The lowest BCUT2D eigenvalue weighted by molar-refractivity contribution is -0.166. The van der Waals surface area contributed by atoms with Gasteiger partial charge in [-0.3, -0.25) is 4.79 Å². The van der Waals surface area contributed by atoms with Gasteiger partial charge >= 0.3 is 5.97 Å². The Morgan fingerprint density at radius 1 is 1.43 bits per heavy atom. The van der Waals surface area contributed by atoms with E-state index < -0.39 is 0 Å². The zero-order chi connectivity index (χ0) is 10.1. The first-order chi connectivity index (χ1) is 6.70. The van der Waals surface area contributed by atoms with Crippen LogP contribution < -0.4 is 0 Å². The van der Waals surface area contributed by atoms with Crippen LogP contribution in [0.1, 0.15) is 39.5 Å². The molecule has 3 nitrogen and oxygen atoms in total. The summed E-state index contributed by atoms with van der Waals surface area (Å²) in [5.41, 5.74) is 0. The first kappa shape index (κ1) is 9.97. The molecule has 0 radical (unpaired) electrons. The predicted octanol–water partition coefficient (Wildman–Crippen LogP) is 1.90. The summed E-state index contributed by atoms with van der Waals surface area (Å²) in [6.45, 7) is 3.96. The zero-order valence-corrected chi connectivity index (χ0v) is 8.86. The van der Waals surface area contributed by atoms with E-state index in [1.165, 1.54) is 0 Å². The zero-order valence-electron chi connectivity index (χ0n) is 8.86. The molecule has 14 heavy (non-hydrogen) atoms. The van der Waals surface area contributed by atoms with Gasteiger partial charge in [0, 0.05) is 6.42 Å². The molecule has 2 aliphatic rings. The minimum Gasteiger partial charge on any atom is -0.462 e. The van der Waals surface area contributed by atoms with Crippen LogP contribution in [0.3, 0.4) is 0 Å². The molecule has 0 N–H and O–H groups in total. The number of cyclic esters (lactones) is 1. The van der Waals surface area contributed by atoms with Crippen LogP contribution in [0.5, 0.6) is 0 Å². The van der Waals surface area contributed by atoms with Crippen molar-refractivity contribution in [3.8, 4) is 0 Å². The van der Waals surface area contributed by atoms with E-state index in [2.05, 4.69) is 6.92 Å². The molecule has 4 atom stereocenters. The number of fused-ring (bicyclic) bond motifs is 2. The average Bonchev–Trinajstić information content (AvgIpc) is 2.63. The van der Waals surface area contributed by atoms with Gasteiger partial charge in [0.1, 0.15) is 6.10 Å². The van der Waals surface area contributed by atoms with E-state index >= 15 is 0 Å². The maximum absolute atomic E-state index is 11.6. The van der Waals surface area contributed by atoms with Gasteiger partial charge in [0.15, 0.2) is 0 Å². The number of carbonyl (C=O) groups excluding carboxylic acids is 1. The van der Waals surface area contributed by atoms with Gasteiger partial charge in [-0.25, -0.2) is 0 Å². The minimum atomic E-state index is -0.0886. The summed E-state index contributed by atoms with van der Waals surface area (Å²) in [6, 6.07) is 0. The van der Waals surface area contributed by atoms with Crippen molar-refractivity contribution >= 4 is 5.97 Å². The van der Waals surface area contributed by atoms with Crippen molar-refractivity contribution in [2.75, 3.05) is 0 Å². The van der Waals surface area contributed by atoms with Gasteiger partial charge in [-0.05, 0) is 26.2 Å². The Labute approximate surface area is 84.8 Å². The van der Waals surface area contributed by atoms with Gasteiger partial charge in [-0.1, -0.05) is 6.92 Å². The third-order valence-corrected chi connectivity index (χ3v) is 3.33. The number of hydrogen-bond donors (Lipinski definition) is 0. The monoisotopic (exact) mass is 198 g/mol. The fourth-order valence-electron chi connectivity index (χ4n) is 2.29. The maximum Gasteiger partial charge on any atom is 0.311 e. The highest BCUT2D eigenvalue weighted by Crippen LogP contribution is 2.32. The average molecular weight is 198 g/mol. The Bertz CT molecular complexity index is 227. The highest BCUT2D eigenvalue weighted by molar-refractivity contribution is 5.73. The molecule has 0 spiro atoms. The molecule has 0 aromatic carbocycles. The quantitative estimate of drug-likeness (QED) is 0.604. The Morgan fingerprint density at radius 2 is 2.21 bits per heavy atom. The molecule has 2 saturated heterocycles. The fourth-order valence-corrected chi connectivity index (χ4v) is 2.29. The van der Waals surface area contributed by atoms with Gasteiger partial charge in [0.25, 0.3) is 0 Å². The van der Waals surface area contributed by atoms with Crippen LogP contribution in [0.4, 0.5) is 0 Å². The standard InChI is InChI=1S/C11H18O3/c1-3-8-6-9-4-5-10(13-9)7(2)11(12)14-8/h7-10H,3-6H2,1-2H3/t7-,8-,9+,10-/m1/s1. The second kappa shape index (κ2) is 3.89. The molecule has 0 saturated carbocycles. The first-order valence-electron chi connectivity index (χ1n) is 5.56. The Hall–Kier alpha value is -0.570. The first-order valence-corrected chi connectivity index (χ1v) is 5.56.